The van der Waals surface area contributed by atoms with Crippen molar-refractivity contribution in [2.24, 2.45) is 0 Å². The van der Waals surface area contributed by atoms with Crippen LogP contribution in [0.5, 0.6) is 5.75 Å². The predicted octanol–water partition coefficient (Wildman–Crippen LogP) is 1.56. The Hall–Kier alpha value is -1.30. The number of ether oxygens (including phenoxy) is 1. The van der Waals surface area contributed by atoms with E-state index in [0.717, 1.165) is 57.0 Å². The Morgan fingerprint density at radius 1 is 1.21 bits per heavy atom. The fourth-order valence-electron chi connectivity index (χ4n) is 3.47. The van der Waals surface area contributed by atoms with Crippen molar-refractivity contribution in [2.75, 3.05) is 45.9 Å². The maximum absolute atomic E-state index is 12.5. The summed E-state index contributed by atoms with van der Waals surface area (Å²) in [4.78, 5) is 17.1. The standard InChI is InChI=1S/C18H27N3O2.ClH/c1-2-23-17-5-3-15(4-6-17)13-18(22)21-10-7-16(14-21)20-11-8-19-9-12-20;/h3-6,16,19H,2,7-14H2,1H3;1H. The highest BCUT2D eigenvalue weighted by Crippen LogP contribution is 2.18. The van der Waals surface area contributed by atoms with E-state index in [9.17, 15) is 4.79 Å². The Morgan fingerprint density at radius 2 is 1.92 bits per heavy atom. The molecule has 1 unspecified atom stereocenters. The van der Waals surface area contributed by atoms with E-state index >= 15 is 0 Å². The van der Waals surface area contributed by atoms with Crippen LogP contribution in [0.3, 0.4) is 0 Å². The monoisotopic (exact) mass is 353 g/mol. The van der Waals surface area contributed by atoms with E-state index in [2.05, 4.69) is 10.2 Å². The molecule has 0 saturated carbocycles. The molecule has 1 aromatic carbocycles. The summed E-state index contributed by atoms with van der Waals surface area (Å²) in [5, 5.41) is 3.39. The van der Waals surface area contributed by atoms with Crippen LogP contribution in [0.25, 0.3) is 0 Å². The maximum atomic E-state index is 12.5. The molecule has 0 bridgehead atoms. The molecule has 24 heavy (non-hydrogen) atoms. The molecular weight excluding hydrogens is 326 g/mol. The molecule has 1 N–H and O–H groups in total. The van der Waals surface area contributed by atoms with E-state index in [1.165, 1.54) is 0 Å². The van der Waals surface area contributed by atoms with E-state index in [1.807, 2.05) is 36.1 Å². The van der Waals surface area contributed by atoms with Gasteiger partial charge in [-0.25, -0.2) is 0 Å². The van der Waals surface area contributed by atoms with E-state index in [0.29, 0.717) is 19.1 Å². The average molecular weight is 354 g/mol. The first-order chi connectivity index (χ1) is 11.3. The van der Waals surface area contributed by atoms with Gasteiger partial charge in [0.15, 0.2) is 0 Å². The summed E-state index contributed by atoms with van der Waals surface area (Å²) in [5.41, 5.74) is 1.06. The first-order valence-corrected chi connectivity index (χ1v) is 8.70. The minimum Gasteiger partial charge on any atom is -0.494 e. The van der Waals surface area contributed by atoms with Gasteiger partial charge in [-0.3, -0.25) is 9.69 Å². The lowest BCUT2D eigenvalue weighted by atomic mass is 10.1. The Bertz CT molecular complexity index is 518. The molecule has 0 aliphatic carbocycles. The number of piperazine rings is 1. The highest BCUT2D eigenvalue weighted by molar-refractivity contribution is 5.85. The second-order valence-corrected chi connectivity index (χ2v) is 6.32. The lowest BCUT2D eigenvalue weighted by Crippen LogP contribution is -2.49. The van der Waals surface area contributed by atoms with Gasteiger partial charge in [0.05, 0.1) is 13.0 Å². The van der Waals surface area contributed by atoms with Gasteiger partial charge in [0, 0.05) is 45.3 Å². The molecule has 0 aromatic heterocycles. The Kier molecular flexibility index (Phi) is 7.34. The molecule has 6 heteroatoms. The van der Waals surface area contributed by atoms with Gasteiger partial charge in [0.25, 0.3) is 0 Å². The number of hydrogen-bond acceptors (Lipinski definition) is 4. The van der Waals surface area contributed by atoms with Crippen LogP contribution < -0.4 is 10.1 Å². The van der Waals surface area contributed by atoms with Gasteiger partial charge in [0.1, 0.15) is 5.75 Å². The van der Waals surface area contributed by atoms with Gasteiger partial charge in [-0.05, 0) is 31.0 Å². The number of rotatable bonds is 5. The van der Waals surface area contributed by atoms with E-state index < -0.39 is 0 Å². The topological polar surface area (TPSA) is 44.8 Å². The van der Waals surface area contributed by atoms with Crippen molar-refractivity contribution in [3.05, 3.63) is 29.8 Å². The molecule has 3 rings (SSSR count). The summed E-state index contributed by atoms with van der Waals surface area (Å²) in [7, 11) is 0. The molecule has 0 radical (unpaired) electrons. The smallest absolute Gasteiger partial charge is 0.227 e. The van der Waals surface area contributed by atoms with Gasteiger partial charge < -0.3 is 15.0 Å². The summed E-state index contributed by atoms with van der Waals surface area (Å²) >= 11 is 0. The third kappa shape index (κ3) is 4.85. The second kappa shape index (κ2) is 9.25. The maximum Gasteiger partial charge on any atom is 0.227 e. The normalized spacial score (nSPS) is 21.4. The molecule has 2 saturated heterocycles. The summed E-state index contributed by atoms with van der Waals surface area (Å²) in [6, 6.07) is 8.42. The number of halogens is 1. The Morgan fingerprint density at radius 3 is 2.58 bits per heavy atom. The van der Waals surface area contributed by atoms with Crippen LogP contribution in [0.15, 0.2) is 24.3 Å². The summed E-state index contributed by atoms with van der Waals surface area (Å²) in [6.45, 7) is 8.75. The van der Waals surface area contributed by atoms with Crippen LogP contribution >= 0.6 is 12.4 Å². The molecule has 2 aliphatic rings. The van der Waals surface area contributed by atoms with Crippen LogP contribution in [0.4, 0.5) is 0 Å². The summed E-state index contributed by atoms with van der Waals surface area (Å²) in [6.07, 6.45) is 1.59. The number of benzene rings is 1. The largest absolute Gasteiger partial charge is 0.494 e. The van der Waals surface area contributed by atoms with Gasteiger partial charge in [-0.1, -0.05) is 12.1 Å². The Labute approximate surface area is 150 Å². The molecule has 1 atom stereocenters. The van der Waals surface area contributed by atoms with Crippen LogP contribution in [0.1, 0.15) is 18.9 Å². The third-order valence-corrected chi connectivity index (χ3v) is 4.77. The van der Waals surface area contributed by atoms with Crippen molar-refractivity contribution >= 4 is 18.3 Å². The fourth-order valence-corrected chi connectivity index (χ4v) is 3.47. The van der Waals surface area contributed by atoms with Crippen molar-refractivity contribution < 1.29 is 9.53 Å². The van der Waals surface area contributed by atoms with Crippen molar-refractivity contribution in [2.45, 2.75) is 25.8 Å². The highest BCUT2D eigenvalue weighted by atomic mass is 35.5. The number of carbonyl (C=O) groups excluding carboxylic acids is 1. The molecule has 5 nitrogen and oxygen atoms in total. The molecule has 2 heterocycles. The van der Waals surface area contributed by atoms with Crippen molar-refractivity contribution in [1.82, 2.24) is 15.1 Å². The molecule has 2 fully saturated rings. The number of amides is 1. The van der Waals surface area contributed by atoms with Crippen molar-refractivity contribution in [3.63, 3.8) is 0 Å². The Balaban J connectivity index is 0.00000208. The molecule has 1 amide bonds. The van der Waals surface area contributed by atoms with E-state index in [1.54, 1.807) is 0 Å². The zero-order valence-electron chi connectivity index (χ0n) is 14.4. The minimum atomic E-state index is 0. The number of likely N-dealkylation sites (tertiary alicyclic amines) is 1. The van der Waals surface area contributed by atoms with Gasteiger partial charge in [-0.2, -0.15) is 0 Å². The highest BCUT2D eigenvalue weighted by Gasteiger charge is 2.30. The molecule has 0 spiro atoms. The van der Waals surface area contributed by atoms with Gasteiger partial charge in [-0.15, -0.1) is 12.4 Å². The van der Waals surface area contributed by atoms with Crippen LogP contribution in [-0.4, -0.2) is 67.6 Å². The van der Waals surface area contributed by atoms with Gasteiger partial charge >= 0.3 is 0 Å². The number of nitrogens with one attached hydrogen (secondary N) is 1. The van der Waals surface area contributed by atoms with Gasteiger partial charge in [0.2, 0.25) is 5.91 Å². The van der Waals surface area contributed by atoms with Crippen molar-refractivity contribution in [3.8, 4) is 5.75 Å². The summed E-state index contributed by atoms with van der Waals surface area (Å²) < 4.78 is 5.44. The zero-order chi connectivity index (χ0) is 16.1. The number of nitrogens with zero attached hydrogens (tertiary/aromatic N) is 2. The molecule has 134 valence electrons. The van der Waals surface area contributed by atoms with Crippen molar-refractivity contribution in [1.29, 1.82) is 0 Å². The quantitative estimate of drug-likeness (QED) is 0.872. The molecular formula is C18H28ClN3O2. The zero-order valence-corrected chi connectivity index (χ0v) is 15.2. The third-order valence-electron chi connectivity index (χ3n) is 4.77. The number of hydrogen-bond donors (Lipinski definition) is 1. The lowest BCUT2D eigenvalue weighted by Gasteiger charge is -2.32. The first-order valence-electron chi connectivity index (χ1n) is 8.70. The van der Waals surface area contributed by atoms with Crippen LogP contribution in [-0.2, 0) is 11.2 Å². The first kappa shape index (κ1) is 19.0. The molecule has 2 aliphatic heterocycles. The summed E-state index contributed by atoms with van der Waals surface area (Å²) in [5.74, 6) is 1.11. The average Bonchev–Trinajstić information content (AvgIpc) is 3.08. The fraction of sp³-hybridized carbons (Fsp3) is 0.611. The second-order valence-electron chi connectivity index (χ2n) is 6.32. The molecule has 1 aromatic rings. The predicted molar refractivity (Wildman–Crippen MR) is 98.0 cm³/mol. The lowest BCUT2D eigenvalue weighted by molar-refractivity contribution is -0.129. The number of carbonyl (C=O) groups is 1. The van der Waals surface area contributed by atoms with Crippen LogP contribution in [0, 0.1) is 0 Å². The minimum absolute atomic E-state index is 0. The van der Waals surface area contributed by atoms with Crippen LogP contribution in [0.2, 0.25) is 0 Å². The van der Waals surface area contributed by atoms with E-state index in [4.69, 9.17) is 4.74 Å². The SMILES string of the molecule is CCOc1ccc(CC(=O)N2CCC(N3CCNCC3)C2)cc1.Cl. The van der Waals surface area contributed by atoms with E-state index in [-0.39, 0.29) is 18.3 Å².